The van der Waals surface area contributed by atoms with Gasteiger partial charge in [0.05, 0.1) is 6.54 Å². The predicted molar refractivity (Wildman–Crippen MR) is 113 cm³/mol. The van der Waals surface area contributed by atoms with Crippen molar-refractivity contribution in [3.05, 3.63) is 95.3 Å². The second kappa shape index (κ2) is 9.46. The molecular formula is C23H24N4O. The molecule has 0 fully saturated rings. The van der Waals surface area contributed by atoms with Gasteiger partial charge in [0, 0.05) is 23.6 Å². The van der Waals surface area contributed by atoms with Crippen molar-refractivity contribution in [2.24, 2.45) is 4.99 Å². The number of carbonyl (C=O) groups excluding carboxylic acids is 1. The van der Waals surface area contributed by atoms with Crippen molar-refractivity contribution in [1.82, 2.24) is 10.3 Å². The summed E-state index contributed by atoms with van der Waals surface area (Å²) < 4.78 is 0. The van der Waals surface area contributed by atoms with Gasteiger partial charge in [-0.05, 0) is 54.3 Å². The number of nitrogens with one attached hydrogen (secondary N) is 2. The van der Waals surface area contributed by atoms with Crippen LogP contribution in [0.1, 0.15) is 34.0 Å². The molecule has 0 saturated heterocycles. The van der Waals surface area contributed by atoms with Crippen molar-refractivity contribution in [2.45, 2.75) is 26.8 Å². The molecule has 2 aromatic carbocycles. The molecule has 5 heteroatoms. The smallest absolute Gasteiger partial charge is 0.257 e. The Morgan fingerprint density at radius 1 is 1.00 bits per heavy atom. The molecule has 3 aromatic rings. The molecule has 28 heavy (non-hydrogen) atoms. The number of hydrogen-bond acceptors (Lipinski definition) is 3. The summed E-state index contributed by atoms with van der Waals surface area (Å²) in [4.78, 5) is 21.4. The largest absolute Gasteiger partial charge is 0.326 e. The van der Waals surface area contributed by atoms with Gasteiger partial charge in [-0.25, -0.2) is 4.99 Å². The van der Waals surface area contributed by atoms with Crippen LogP contribution in [-0.4, -0.2) is 16.9 Å². The Labute approximate surface area is 165 Å². The van der Waals surface area contributed by atoms with Gasteiger partial charge in [0.25, 0.3) is 5.91 Å². The maximum atomic E-state index is 12.7. The summed E-state index contributed by atoms with van der Waals surface area (Å²) in [6, 6.07) is 19.3. The molecule has 0 aliphatic heterocycles. The molecule has 0 bridgehead atoms. The van der Waals surface area contributed by atoms with Crippen LogP contribution in [0.4, 0.5) is 5.69 Å². The van der Waals surface area contributed by atoms with Crippen molar-refractivity contribution >= 4 is 17.6 Å². The first kappa shape index (κ1) is 19.3. The lowest BCUT2D eigenvalue weighted by molar-refractivity contribution is 0.0977. The number of aliphatic imine (C=N–C) groups is 1. The molecule has 1 aromatic heterocycles. The van der Waals surface area contributed by atoms with E-state index in [1.165, 1.54) is 5.56 Å². The Morgan fingerprint density at radius 3 is 2.46 bits per heavy atom. The summed E-state index contributed by atoms with van der Waals surface area (Å²) in [6.45, 7) is 4.51. The Kier molecular flexibility index (Phi) is 6.52. The Hall–Kier alpha value is -3.47. The Bertz CT molecular complexity index is 950. The number of guanidine groups is 1. The van der Waals surface area contributed by atoms with E-state index in [4.69, 9.17) is 0 Å². The lowest BCUT2D eigenvalue weighted by Crippen LogP contribution is -2.36. The number of carbonyl (C=O) groups is 1. The van der Waals surface area contributed by atoms with Gasteiger partial charge < -0.3 is 5.32 Å². The molecule has 2 N–H and O–H groups in total. The van der Waals surface area contributed by atoms with Gasteiger partial charge in [-0.1, -0.05) is 43.3 Å². The summed E-state index contributed by atoms with van der Waals surface area (Å²) in [5.41, 5.74) is 4.72. The van der Waals surface area contributed by atoms with Crippen molar-refractivity contribution in [1.29, 1.82) is 0 Å². The molecule has 1 heterocycles. The van der Waals surface area contributed by atoms with Crippen LogP contribution in [0.2, 0.25) is 0 Å². The van der Waals surface area contributed by atoms with Crippen LogP contribution in [0.3, 0.4) is 0 Å². The summed E-state index contributed by atoms with van der Waals surface area (Å²) >= 11 is 0. The minimum Gasteiger partial charge on any atom is -0.326 e. The van der Waals surface area contributed by atoms with Gasteiger partial charge in [0.15, 0.2) is 0 Å². The predicted octanol–water partition coefficient (Wildman–Crippen LogP) is 4.35. The fourth-order valence-electron chi connectivity index (χ4n) is 2.68. The average molecular weight is 372 g/mol. The number of nitrogens with zero attached hydrogens (tertiary/aromatic N) is 2. The van der Waals surface area contributed by atoms with E-state index in [-0.39, 0.29) is 5.91 Å². The highest BCUT2D eigenvalue weighted by Gasteiger charge is 2.10. The number of hydrogen-bond donors (Lipinski definition) is 2. The van der Waals surface area contributed by atoms with E-state index in [2.05, 4.69) is 27.5 Å². The zero-order valence-corrected chi connectivity index (χ0v) is 16.1. The molecule has 1 amide bonds. The zero-order chi connectivity index (χ0) is 19.8. The van der Waals surface area contributed by atoms with Gasteiger partial charge in [-0.15, -0.1) is 0 Å². The molecule has 5 nitrogen and oxygen atoms in total. The second-order valence-corrected chi connectivity index (χ2v) is 6.47. The van der Waals surface area contributed by atoms with E-state index in [1.807, 2.05) is 67.6 Å². The van der Waals surface area contributed by atoms with E-state index in [0.29, 0.717) is 18.1 Å². The monoisotopic (exact) mass is 372 g/mol. The zero-order valence-electron chi connectivity index (χ0n) is 16.1. The molecule has 142 valence electrons. The maximum Gasteiger partial charge on any atom is 0.257 e. The summed E-state index contributed by atoms with van der Waals surface area (Å²) in [5, 5.41) is 6.13. The van der Waals surface area contributed by atoms with Crippen LogP contribution in [-0.2, 0) is 13.0 Å². The van der Waals surface area contributed by atoms with E-state index >= 15 is 0 Å². The van der Waals surface area contributed by atoms with Gasteiger partial charge in [0.2, 0.25) is 5.96 Å². The van der Waals surface area contributed by atoms with Gasteiger partial charge in [-0.2, -0.15) is 0 Å². The number of amides is 1. The third-order valence-corrected chi connectivity index (χ3v) is 4.40. The summed E-state index contributed by atoms with van der Waals surface area (Å²) in [5.74, 6) is 0.205. The first-order valence-electron chi connectivity index (χ1n) is 9.32. The van der Waals surface area contributed by atoms with Crippen molar-refractivity contribution in [3.8, 4) is 0 Å². The summed E-state index contributed by atoms with van der Waals surface area (Å²) in [7, 11) is 0. The maximum absolute atomic E-state index is 12.7. The van der Waals surface area contributed by atoms with Crippen LogP contribution in [0, 0.1) is 6.92 Å². The minimum absolute atomic E-state index is 0.200. The van der Waals surface area contributed by atoms with Crippen molar-refractivity contribution < 1.29 is 4.79 Å². The van der Waals surface area contributed by atoms with E-state index in [1.54, 1.807) is 12.4 Å². The SMILES string of the molecule is CCc1ccc(C(=O)NC(=NCc2cccnc2)Nc2ccccc2C)cc1. The number of aryl methyl sites for hydroxylation is 2. The average Bonchev–Trinajstić information content (AvgIpc) is 2.74. The van der Waals surface area contributed by atoms with Crippen molar-refractivity contribution in [2.75, 3.05) is 5.32 Å². The minimum atomic E-state index is -0.200. The molecular weight excluding hydrogens is 348 g/mol. The highest BCUT2D eigenvalue weighted by Crippen LogP contribution is 2.13. The molecule has 0 aliphatic rings. The van der Waals surface area contributed by atoms with Crippen LogP contribution in [0.25, 0.3) is 0 Å². The van der Waals surface area contributed by atoms with Gasteiger partial charge >= 0.3 is 0 Å². The molecule has 3 rings (SSSR count). The number of rotatable bonds is 5. The first-order chi connectivity index (χ1) is 13.7. The fourth-order valence-corrected chi connectivity index (χ4v) is 2.68. The first-order valence-corrected chi connectivity index (χ1v) is 9.32. The topological polar surface area (TPSA) is 66.4 Å². The van der Waals surface area contributed by atoms with E-state index in [9.17, 15) is 4.79 Å². The molecule has 0 unspecified atom stereocenters. The molecule has 0 radical (unpaired) electrons. The number of benzene rings is 2. The normalized spacial score (nSPS) is 11.1. The molecule has 0 aliphatic carbocycles. The lowest BCUT2D eigenvalue weighted by atomic mass is 10.1. The summed E-state index contributed by atoms with van der Waals surface area (Å²) in [6.07, 6.45) is 4.43. The number of para-hydroxylation sites is 1. The van der Waals surface area contributed by atoms with Crippen molar-refractivity contribution in [3.63, 3.8) is 0 Å². The second-order valence-electron chi connectivity index (χ2n) is 6.47. The highest BCUT2D eigenvalue weighted by molar-refractivity contribution is 6.10. The third kappa shape index (κ3) is 5.27. The van der Waals surface area contributed by atoms with E-state index in [0.717, 1.165) is 23.2 Å². The Balaban J connectivity index is 1.80. The van der Waals surface area contributed by atoms with Crippen LogP contribution in [0.15, 0.2) is 78.0 Å². The van der Waals surface area contributed by atoms with E-state index < -0.39 is 0 Å². The van der Waals surface area contributed by atoms with Crippen LogP contribution >= 0.6 is 0 Å². The fraction of sp³-hybridized carbons (Fsp3) is 0.174. The Morgan fingerprint density at radius 2 is 1.79 bits per heavy atom. The molecule has 0 spiro atoms. The van der Waals surface area contributed by atoms with Gasteiger partial charge in [-0.3, -0.25) is 15.1 Å². The molecule has 0 atom stereocenters. The quantitative estimate of drug-likeness (QED) is 0.517. The molecule has 0 saturated carbocycles. The highest BCUT2D eigenvalue weighted by atomic mass is 16.1. The standard InChI is InChI=1S/C23H24N4O/c1-3-18-10-12-20(13-11-18)22(28)27-23(25-16-19-8-6-14-24-15-19)26-21-9-5-4-7-17(21)2/h4-15H,3,16H2,1-2H3,(H2,25,26,27,28). The van der Waals surface area contributed by atoms with Gasteiger partial charge in [0.1, 0.15) is 0 Å². The van der Waals surface area contributed by atoms with Crippen LogP contribution < -0.4 is 10.6 Å². The number of anilines is 1. The lowest BCUT2D eigenvalue weighted by Gasteiger charge is -2.14. The number of pyridine rings is 1. The number of aromatic nitrogens is 1. The third-order valence-electron chi connectivity index (χ3n) is 4.40. The van der Waals surface area contributed by atoms with Crippen LogP contribution in [0.5, 0.6) is 0 Å².